The van der Waals surface area contributed by atoms with Gasteiger partial charge in [0.15, 0.2) is 0 Å². The van der Waals surface area contributed by atoms with Gasteiger partial charge in [0.2, 0.25) is 5.91 Å². The summed E-state index contributed by atoms with van der Waals surface area (Å²) in [6.45, 7) is 0.438. The molecule has 16 heavy (non-hydrogen) atoms. The molecule has 1 amide bonds. The molecule has 5 nitrogen and oxygen atoms in total. The van der Waals surface area contributed by atoms with Crippen LogP contribution in [0.5, 0.6) is 0 Å². The summed E-state index contributed by atoms with van der Waals surface area (Å²) in [4.78, 5) is 11.7. The molecular formula is C10H11N3O2S. The molecule has 0 radical (unpaired) electrons. The Hall–Kier alpha value is -1.42. The first-order chi connectivity index (χ1) is 7.70. The second-order valence-electron chi connectivity index (χ2n) is 3.61. The van der Waals surface area contributed by atoms with Crippen LogP contribution in [0.1, 0.15) is 12.0 Å². The fourth-order valence-corrected chi connectivity index (χ4v) is 2.35. The van der Waals surface area contributed by atoms with E-state index in [-0.39, 0.29) is 11.9 Å². The Morgan fingerprint density at radius 1 is 1.75 bits per heavy atom. The summed E-state index contributed by atoms with van der Waals surface area (Å²) in [6, 6.07) is 3.30. The highest BCUT2D eigenvalue weighted by molar-refractivity contribution is 7.14. The molecule has 3 N–H and O–H groups in total. The summed E-state index contributed by atoms with van der Waals surface area (Å²) in [5, 5.41) is 26.0. The molecule has 1 saturated heterocycles. The zero-order chi connectivity index (χ0) is 11.5. The first-order valence-corrected chi connectivity index (χ1v) is 5.78. The summed E-state index contributed by atoms with van der Waals surface area (Å²) < 4.78 is 0. The van der Waals surface area contributed by atoms with Gasteiger partial charge in [0.25, 0.3) is 0 Å². The SMILES string of the molecule is N#Cc1ccsc1NC(=O)C1CC(O)CN1. The number of carbonyl (C=O) groups is 1. The molecule has 2 rings (SSSR count). The van der Waals surface area contributed by atoms with E-state index in [1.54, 1.807) is 11.4 Å². The van der Waals surface area contributed by atoms with Crippen molar-refractivity contribution in [2.24, 2.45) is 0 Å². The van der Waals surface area contributed by atoms with E-state index in [0.717, 1.165) is 0 Å². The number of anilines is 1. The molecule has 0 aliphatic carbocycles. The monoisotopic (exact) mass is 237 g/mol. The lowest BCUT2D eigenvalue weighted by molar-refractivity contribution is -0.117. The Morgan fingerprint density at radius 3 is 3.19 bits per heavy atom. The van der Waals surface area contributed by atoms with Gasteiger partial charge in [0.1, 0.15) is 11.1 Å². The third-order valence-corrected chi connectivity index (χ3v) is 3.28. The lowest BCUT2D eigenvalue weighted by Gasteiger charge is -2.09. The van der Waals surface area contributed by atoms with Crippen LogP contribution in [0, 0.1) is 11.3 Å². The number of β-amino-alcohol motifs (C(OH)–C–C–N with tert-alkyl or cyclic N) is 1. The second kappa shape index (κ2) is 4.61. The van der Waals surface area contributed by atoms with E-state index in [9.17, 15) is 9.90 Å². The molecule has 1 aromatic heterocycles. The minimum Gasteiger partial charge on any atom is -0.392 e. The molecule has 1 fully saturated rings. The van der Waals surface area contributed by atoms with E-state index in [2.05, 4.69) is 10.6 Å². The van der Waals surface area contributed by atoms with E-state index >= 15 is 0 Å². The summed E-state index contributed by atoms with van der Waals surface area (Å²) in [6.07, 6.45) is -0.0476. The van der Waals surface area contributed by atoms with Crippen molar-refractivity contribution in [2.75, 3.05) is 11.9 Å². The minimum atomic E-state index is -0.463. The molecule has 2 unspecified atom stereocenters. The molecule has 6 heteroatoms. The van der Waals surface area contributed by atoms with Gasteiger partial charge in [-0.25, -0.2) is 0 Å². The normalized spacial score (nSPS) is 24.0. The largest absolute Gasteiger partial charge is 0.392 e. The molecule has 1 aliphatic rings. The van der Waals surface area contributed by atoms with Gasteiger partial charge in [-0.3, -0.25) is 4.79 Å². The van der Waals surface area contributed by atoms with E-state index < -0.39 is 6.10 Å². The Kier molecular flexibility index (Phi) is 3.19. The highest BCUT2D eigenvalue weighted by atomic mass is 32.1. The summed E-state index contributed by atoms with van der Waals surface area (Å²) in [5.41, 5.74) is 0.469. The molecule has 0 bridgehead atoms. The number of carbonyl (C=O) groups excluding carboxylic acids is 1. The van der Waals surface area contributed by atoms with Crippen LogP contribution in [0.25, 0.3) is 0 Å². The van der Waals surface area contributed by atoms with Gasteiger partial charge in [0.05, 0.1) is 17.7 Å². The Balaban J connectivity index is 2.00. The van der Waals surface area contributed by atoms with Crippen molar-refractivity contribution in [1.29, 1.82) is 5.26 Å². The zero-order valence-corrected chi connectivity index (χ0v) is 9.25. The predicted molar refractivity (Wildman–Crippen MR) is 60.1 cm³/mol. The van der Waals surface area contributed by atoms with Crippen molar-refractivity contribution in [3.8, 4) is 6.07 Å². The number of nitrogens with one attached hydrogen (secondary N) is 2. The highest BCUT2D eigenvalue weighted by Gasteiger charge is 2.28. The van der Waals surface area contributed by atoms with E-state index in [1.165, 1.54) is 11.3 Å². The fourth-order valence-electron chi connectivity index (χ4n) is 1.61. The standard InChI is InChI=1S/C10H11N3O2S/c11-4-6-1-2-16-10(6)13-9(15)8-3-7(14)5-12-8/h1-2,7-8,12,14H,3,5H2,(H,13,15). The smallest absolute Gasteiger partial charge is 0.242 e. The molecule has 1 aromatic rings. The van der Waals surface area contributed by atoms with E-state index in [0.29, 0.717) is 23.5 Å². The summed E-state index contributed by atoms with van der Waals surface area (Å²) >= 11 is 1.32. The average molecular weight is 237 g/mol. The molecule has 1 aliphatic heterocycles. The van der Waals surface area contributed by atoms with E-state index in [4.69, 9.17) is 5.26 Å². The number of nitrogens with zero attached hydrogens (tertiary/aromatic N) is 1. The van der Waals surface area contributed by atoms with Crippen LogP contribution in [0.2, 0.25) is 0 Å². The average Bonchev–Trinajstić information content (AvgIpc) is 2.86. The van der Waals surface area contributed by atoms with Crippen molar-refractivity contribution in [3.05, 3.63) is 17.0 Å². The molecule has 2 atom stereocenters. The van der Waals surface area contributed by atoms with Crippen molar-refractivity contribution < 1.29 is 9.90 Å². The Labute approximate surface area is 96.7 Å². The third kappa shape index (κ3) is 2.22. The molecule has 0 saturated carbocycles. The number of aliphatic hydroxyl groups excluding tert-OH is 1. The predicted octanol–water partition coefficient (Wildman–Crippen LogP) is 0.281. The van der Waals surface area contributed by atoms with Gasteiger partial charge in [0, 0.05) is 6.54 Å². The van der Waals surface area contributed by atoms with Crippen LogP contribution in [-0.2, 0) is 4.79 Å². The van der Waals surface area contributed by atoms with Gasteiger partial charge in [-0.15, -0.1) is 11.3 Å². The van der Waals surface area contributed by atoms with Gasteiger partial charge in [-0.05, 0) is 17.9 Å². The highest BCUT2D eigenvalue weighted by Crippen LogP contribution is 2.22. The number of rotatable bonds is 2. The van der Waals surface area contributed by atoms with Crippen LogP contribution in [0.3, 0.4) is 0 Å². The molecule has 0 aromatic carbocycles. The summed E-state index contributed by atoms with van der Waals surface area (Å²) in [5.74, 6) is -0.199. The van der Waals surface area contributed by atoms with Crippen LogP contribution in [0.15, 0.2) is 11.4 Å². The van der Waals surface area contributed by atoms with Gasteiger partial charge in [-0.2, -0.15) is 5.26 Å². The number of amides is 1. The molecular weight excluding hydrogens is 226 g/mol. The number of hydrogen-bond donors (Lipinski definition) is 3. The van der Waals surface area contributed by atoms with Gasteiger partial charge in [-0.1, -0.05) is 0 Å². The van der Waals surface area contributed by atoms with Crippen LogP contribution >= 0.6 is 11.3 Å². The maximum Gasteiger partial charge on any atom is 0.242 e. The number of hydrogen-bond acceptors (Lipinski definition) is 5. The van der Waals surface area contributed by atoms with Gasteiger partial charge >= 0.3 is 0 Å². The van der Waals surface area contributed by atoms with Crippen molar-refractivity contribution in [3.63, 3.8) is 0 Å². The van der Waals surface area contributed by atoms with Crippen molar-refractivity contribution in [2.45, 2.75) is 18.6 Å². The van der Waals surface area contributed by atoms with Crippen LogP contribution in [0.4, 0.5) is 5.00 Å². The number of aliphatic hydroxyl groups is 1. The molecule has 0 spiro atoms. The minimum absolute atomic E-state index is 0.199. The van der Waals surface area contributed by atoms with Crippen molar-refractivity contribution >= 4 is 22.2 Å². The maximum absolute atomic E-state index is 11.7. The molecule has 84 valence electrons. The maximum atomic E-state index is 11.7. The third-order valence-electron chi connectivity index (χ3n) is 2.45. The zero-order valence-electron chi connectivity index (χ0n) is 8.43. The lowest BCUT2D eigenvalue weighted by Crippen LogP contribution is -2.35. The van der Waals surface area contributed by atoms with Gasteiger partial charge < -0.3 is 15.7 Å². The first-order valence-electron chi connectivity index (χ1n) is 4.90. The number of nitriles is 1. The lowest BCUT2D eigenvalue weighted by atomic mass is 10.2. The first kappa shape index (κ1) is 11.1. The van der Waals surface area contributed by atoms with E-state index in [1.807, 2.05) is 6.07 Å². The second-order valence-corrected chi connectivity index (χ2v) is 4.53. The topological polar surface area (TPSA) is 85.2 Å². The fraction of sp³-hybridized carbons (Fsp3) is 0.400. The number of thiophene rings is 1. The van der Waals surface area contributed by atoms with Crippen LogP contribution in [-0.4, -0.2) is 29.7 Å². The van der Waals surface area contributed by atoms with Crippen molar-refractivity contribution in [1.82, 2.24) is 5.32 Å². The molecule has 2 heterocycles. The Morgan fingerprint density at radius 2 is 2.56 bits per heavy atom. The Bertz CT molecular complexity index is 438. The summed E-state index contributed by atoms with van der Waals surface area (Å²) in [7, 11) is 0. The quantitative estimate of drug-likeness (QED) is 0.689. The van der Waals surface area contributed by atoms with Crippen LogP contribution < -0.4 is 10.6 Å².